The van der Waals surface area contributed by atoms with Gasteiger partial charge in [0.15, 0.2) is 5.75 Å². The molecule has 1 N–H and O–H groups in total. The average molecular weight is 343 g/mol. The molecule has 0 unspecified atom stereocenters. The lowest BCUT2D eigenvalue weighted by Crippen LogP contribution is -2.10. The van der Waals surface area contributed by atoms with Crippen LogP contribution in [0.25, 0.3) is 10.9 Å². The number of aromatic carboxylic acids is 1. The lowest BCUT2D eigenvalue weighted by atomic mass is 10.00. The normalized spacial score (nSPS) is 11.1. The molecular weight excluding hydrogens is 328 g/mol. The smallest absolute Gasteiger partial charge is 0.341 e. The van der Waals surface area contributed by atoms with Gasteiger partial charge in [0, 0.05) is 5.39 Å². The SMILES string of the molecule is CC(C)c1nc2ccc(F)cc2c(Oc2ccc(F)cc2)c1C(=O)O. The van der Waals surface area contributed by atoms with Gasteiger partial charge in [-0.05, 0) is 48.4 Å². The Morgan fingerprint density at radius 2 is 1.72 bits per heavy atom. The summed E-state index contributed by atoms with van der Waals surface area (Å²) in [7, 11) is 0. The van der Waals surface area contributed by atoms with Crippen molar-refractivity contribution in [2.45, 2.75) is 19.8 Å². The first-order chi connectivity index (χ1) is 11.9. The van der Waals surface area contributed by atoms with Crippen LogP contribution in [0.5, 0.6) is 11.5 Å². The van der Waals surface area contributed by atoms with Crippen LogP contribution in [0.4, 0.5) is 8.78 Å². The van der Waals surface area contributed by atoms with E-state index in [4.69, 9.17) is 4.74 Å². The van der Waals surface area contributed by atoms with Crippen molar-refractivity contribution in [2.75, 3.05) is 0 Å². The van der Waals surface area contributed by atoms with E-state index in [1.54, 1.807) is 0 Å². The number of carboxylic acid groups (broad SMARTS) is 1. The summed E-state index contributed by atoms with van der Waals surface area (Å²) in [5.41, 5.74) is 0.633. The maximum absolute atomic E-state index is 13.7. The Hall–Kier alpha value is -3.02. The maximum Gasteiger partial charge on any atom is 0.341 e. The lowest BCUT2D eigenvalue weighted by Gasteiger charge is -2.17. The van der Waals surface area contributed by atoms with Gasteiger partial charge in [0.2, 0.25) is 0 Å². The molecule has 3 rings (SSSR count). The molecule has 25 heavy (non-hydrogen) atoms. The summed E-state index contributed by atoms with van der Waals surface area (Å²) in [5.74, 6) is -2.15. The van der Waals surface area contributed by atoms with Crippen LogP contribution in [-0.4, -0.2) is 16.1 Å². The molecular formula is C19H15F2NO3. The van der Waals surface area contributed by atoms with Crippen molar-refractivity contribution >= 4 is 16.9 Å². The van der Waals surface area contributed by atoms with Crippen LogP contribution in [0.3, 0.4) is 0 Å². The standard InChI is InChI=1S/C19H15F2NO3/c1-10(2)17-16(19(23)24)18(25-13-6-3-11(20)4-7-13)14-9-12(21)5-8-15(14)22-17/h3-10H,1-2H3,(H,23,24). The predicted octanol–water partition coefficient (Wildman–Crippen LogP) is 5.13. The number of carboxylic acids is 1. The Morgan fingerprint density at radius 3 is 2.32 bits per heavy atom. The van der Waals surface area contributed by atoms with Crippen molar-refractivity contribution in [3.05, 3.63) is 65.4 Å². The fourth-order valence-electron chi connectivity index (χ4n) is 2.58. The highest BCUT2D eigenvalue weighted by atomic mass is 19.1. The van der Waals surface area contributed by atoms with Gasteiger partial charge >= 0.3 is 5.97 Å². The van der Waals surface area contributed by atoms with Gasteiger partial charge in [-0.1, -0.05) is 13.8 Å². The monoisotopic (exact) mass is 343 g/mol. The molecule has 0 fully saturated rings. The molecule has 0 amide bonds. The van der Waals surface area contributed by atoms with E-state index in [1.807, 2.05) is 13.8 Å². The minimum Gasteiger partial charge on any atom is -0.477 e. The third-order valence-corrected chi connectivity index (χ3v) is 3.72. The van der Waals surface area contributed by atoms with Crippen molar-refractivity contribution in [3.63, 3.8) is 0 Å². The topological polar surface area (TPSA) is 59.4 Å². The molecule has 0 atom stereocenters. The maximum atomic E-state index is 13.7. The third kappa shape index (κ3) is 3.28. The van der Waals surface area contributed by atoms with Gasteiger partial charge in [0.25, 0.3) is 0 Å². The van der Waals surface area contributed by atoms with Crippen LogP contribution in [0.2, 0.25) is 0 Å². The highest BCUT2D eigenvalue weighted by Gasteiger charge is 2.24. The first-order valence-corrected chi connectivity index (χ1v) is 7.66. The number of nitrogens with zero attached hydrogens (tertiary/aromatic N) is 1. The summed E-state index contributed by atoms with van der Waals surface area (Å²) < 4.78 is 32.6. The van der Waals surface area contributed by atoms with Crippen LogP contribution >= 0.6 is 0 Å². The minimum absolute atomic E-state index is 0.00712. The first kappa shape index (κ1) is 16.8. The number of ether oxygens (including phenoxy) is 1. The second-order valence-electron chi connectivity index (χ2n) is 5.88. The fraction of sp³-hybridized carbons (Fsp3) is 0.158. The largest absolute Gasteiger partial charge is 0.477 e. The Morgan fingerprint density at radius 1 is 1.08 bits per heavy atom. The summed E-state index contributed by atoms with van der Waals surface area (Å²) in [4.78, 5) is 16.2. The Labute approximate surface area is 142 Å². The van der Waals surface area contributed by atoms with E-state index in [2.05, 4.69) is 4.98 Å². The molecule has 2 aromatic carbocycles. The summed E-state index contributed by atoms with van der Waals surface area (Å²) in [6, 6.07) is 9.05. The molecule has 4 nitrogen and oxygen atoms in total. The van der Waals surface area contributed by atoms with E-state index in [9.17, 15) is 18.7 Å². The molecule has 3 aromatic rings. The Kier molecular flexibility index (Phi) is 4.35. The Balaban J connectivity index is 2.31. The molecule has 1 heterocycles. The van der Waals surface area contributed by atoms with Crippen LogP contribution in [0.15, 0.2) is 42.5 Å². The summed E-state index contributed by atoms with van der Waals surface area (Å²) >= 11 is 0. The van der Waals surface area contributed by atoms with Gasteiger partial charge < -0.3 is 9.84 Å². The molecule has 0 aliphatic rings. The number of hydrogen-bond donors (Lipinski definition) is 1. The Bertz CT molecular complexity index is 953. The molecule has 0 aliphatic heterocycles. The van der Waals surface area contributed by atoms with Crippen molar-refractivity contribution in [2.24, 2.45) is 0 Å². The van der Waals surface area contributed by atoms with Crippen molar-refractivity contribution in [3.8, 4) is 11.5 Å². The molecule has 0 bridgehead atoms. The number of carbonyl (C=O) groups is 1. The second kappa shape index (κ2) is 6.47. The highest BCUT2D eigenvalue weighted by molar-refractivity contribution is 6.00. The van der Waals surface area contributed by atoms with Crippen molar-refractivity contribution in [1.82, 2.24) is 4.98 Å². The van der Waals surface area contributed by atoms with E-state index < -0.39 is 17.6 Å². The number of hydrogen-bond acceptors (Lipinski definition) is 3. The molecule has 0 spiro atoms. The van der Waals surface area contributed by atoms with Crippen molar-refractivity contribution < 1.29 is 23.4 Å². The summed E-state index contributed by atoms with van der Waals surface area (Å²) in [6.07, 6.45) is 0. The number of rotatable bonds is 4. The minimum atomic E-state index is -1.22. The van der Waals surface area contributed by atoms with Crippen LogP contribution in [0, 0.1) is 11.6 Å². The molecule has 0 radical (unpaired) electrons. The molecule has 1 aromatic heterocycles. The molecule has 128 valence electrons. The molecule has 0 aliphatic carbocycles. The van der Waals surface area contributed by atoms with Crippen LogP contribution < -0.4 is 4.74 Å². The van der Waals surface area contributed by atoms with Crippen LogP contribution in [-0.2, 0) is 0 Å². The van der Waals surface area contributed by atoms with Gasteiger partial charge in [0.1, 0.15) is 22.9 Å². The predicted molar refractivity (Wildman–Crippen MR) is 89.2 cm³/mol. The fourth-order valence-corrected chi connectivity index (χ4v) is 2.58. The van der Waals surface area contributed by atoms with E-state index in [0.29, 0.717) is 11.2 Å². The number of pyridine rings is 1. The zero-order valence-corrected chi connectivity index (χ0v) is 13.6. The highest BCUT2D eigenvalue weighted by Crippen LogP contribution is 2.37. The number of fused-ring (bicyclic) bond motifs is 1. The average Bonchev–Trinajstić information content (AvgIpc) is 2.56. The number of halogens is 2. The summed E-state index contributed by atoms with van der Waals surface area (Å²) in [5, 5.41) is 9.91. The molecule has 6 heteroatoms. The van der Waals surface area contributed by atoms with Gasteiger partial charge in [-0.15, -0.1) is 0 Å². The van der Waals surface area contributed by atoms with Gasteiger partial charge in [-0.25, -0.2) is 13.6 Å². The first-order valence-electron chi connectivity index (χ1n) is 7.66. The van der Waals surface area contributed by atoms with Crippen LogP contribution in [0.1, 0.15) is 35.8 Å². The van der Waals surface area contributed by atoms with E-state index in [1.165, 1.54) is 42.5 Å². The van der Waals surface area contributed by atoms with Gasteiger partial charge in [0.05, 0.1) is 11.2 Å². The zero-order chi connectivity index (χ0) is 18.1. The van der Waals surface area contributed by atoms with Gasteiger partial charge in [-0.3, -0.25) is 4.98 Å². The van der Waals surface area contributed by atoms with E-state index >= 15 is 0 Å². The number of aromatic nitrogens is 1. The second-order valence-corrected chi connectivity index (χ2v) is 5.88. The van der Waals surface area contributed by atoms with E-state index in [0.717, 1.165) is 0 Å². The number of benzene rings is 2. The van der Waals surface area contributed by atoms with Gasteiger partial charge in [-0.2, -0.15) is 0 Å². The van der Waals surface area contributed by atoms with Crippen molar-refractivity contribution in [1.29, 1.82) is 0 Å². The lowest BCUT2D eigenvalue weighted by molar-refractivity contribution is 0.0692. The molecule has 0 saturated carbocycles. The van der Waals surface area contributed by atoms with E-state index in [-0.39, 0.29) is 28.4 Å². The third-order valence-electron chi connectivity index (χ3n) is 3.72. The quantitative estimate of drug-likeness (QED) is 0.714. The zero-order valence-electron chi connectivity index (χ0n) is 13.6. The molecule has 0 saturated heterocycles. The summed E-state index contributed by atoms with van der Waals surface area (Å²) in [6.45, 7) is 3.62.